The summed E-state index contributed by atoms with van der Waals surface area (Å²) in [6.07, 6.45) is 8.26. The summed E-state index contributed by atoms with van der Waals surface area (Å²) in [7, 11) is 0. The number of nitriles is 1. The minimum Gasteiger partial charge on any atom is -0.484 e. The van der Waals surface area contributed by atoms with E-state index in [2.05, 4.69) is 30.3 Å². The minimum atomic E-state index is 0.00103. The van der Waals surface area contributed by atoms with E-state index in [1.54, 1.807) is 12.1 Å². The van der Waals surface area contributed by atoms with Crippen LogP contribution in [0.2, 0.25) is 5.02 Å². The number of benzene rings is 2. The van der Waals surface area contributed by atoms with Crippen LogP contribution in [0.5, 0.6) is 5.75 Å². The first kappa shape index (κ1) is 19.3. The van der Waals surface area contributed by atoms with Crippen molar-refractivity contribution >= 4 is 11.6 Å². The standard InChI is InChI=1S/C24H27ClN2O/c25-22-13-17(15-26)9-10-23(22)28-24-19(14-18-6-2-4-8-21(18)24)11-16-5-1-3-7-20(27)12-16/h2,4,6,8-10,13,16,19-20,24H,1,3,5,7,11-12,14,27H2. The van der Waals surface area contributed by atoms with E-state index in [4.69, 9.17) is 27.3 Å². The number of nitrogens with two attached hydrogens (primary N) is 1. The molecule has 1 saturated carbocycles. The van der Waals surface area contributed by atoms with Crippen molar-refractivity contribution in [2.75, 3.05) is 0 Å². The van der Waals surface area contributed by atoms with E-state index >= 15 is 0 Å². The molecule has 0 aromatic heterocycles. The Balaban J connectivity index is 1.57. The molecular weight excluding hydrogens is 368 g/mol. The Morgan fingerprint density at radius 1 is 1.14 bits per heavy atom. The molecule has 0 heterocycles. The summed E-state index contributed by atoms with van der Waals surface area (Å²) >= 11 is 6.40. The minimum absolute atomic E-state index is 0.00103. The van der Waals surface area contributed by atoms with Crippen LogP contribution in [0.25, 0.3) is 0 Å². The van der Waals surface area contributed by atoms with Crippen LogP contribution >= 0.6 is 11.6 Å². The monoisotopic (exact) mass is 394 g/mol. The van der Waals surface area contributed by atoms with Gasteiger partial charge in [-0.25, -0.2) is 0 Å². The van der Waals surface area contributed by atoms with Crippen LogP contribution in [0.15, 0.2) is 42.5 Å². The molecule has 0 bridgehead atoms. The molecule has 4 rings (SSSR count). The first-order chi connectivity index (χ1) is 13.6. The van der Waals surface area contributed by atoms with Crippen molar-refractivity contribution < 1.29 is 4.74 Å². The molecule has 0 radical (unpaired) electrons. The van der Waals surface area contributed by atoms with Crippen molar-refractivity contribution in [3.8, 4) is 11.8 Å². The number of hydrogen-bond donors (Lipinski definition) is 1. The highest BCUT2D eigenvalue weighted by molar-refractivity contribution is 6.32. The Bertz CT molecular complexity index is 875. The second-order valence-electron chi connectivity index (χ2n) is 8.34. The van der Waals surface area contributed by atoms with E-state index in [1.807, 2.05) is 6.07 Å². The molecule has 0 aliphatic heterocycles. The van der Waals surface area contributed by atoms with Crippen molar-refractivity contribution in [1.82, 2.24) is 0 Å². The van der Waals surface area contributed by atoms with Gasteiger partial charge in [-0.15, -0.1) is 0 Å². The summed E-state index contributed by atoms with van der Waals surface area (Å²) in [4.78, 5) is 0. The van der Waals surface area contributed by atoms with Crippen LogP contribution in [0.4, 0.5) is 0 Å². The lowest BCUT2D eigenvalue weighted by Gasteiger charge is -2.27. The Labute approximate surface area is 172 Å². The van der Waals surface area contributed by atoms with Gasteiger partial charge in [0, 0.05) is 12.0 Å². The lowest BCUT2D eigenvalue weighted by molar-refractivity contribution is 0.128. The van der Waals surface area contributed by atoms with Gasteiger partial charge in [-0.2, -0.15) is 5.26 Å². The topological polar surface area (TPSA) is 59.0 Å². The first-order valence-electron chi connectivity index (χ1n) is 10.3. The van der Waals surface area contributed by atoms with E-state index in [0.29, 0.717) is 34.2 Å². The van der Waals surface area contributed by atoms with Crippen molar-refractivity contribution in [2.24, 2.45) is 17.6 Å². The van der Waals surface area contributed by atoms with Crippen LogP contribution < -0.4 is 10.5 Å². The van der Waals surface area contributed by atoms with Crippen LogP contribution in [0.3, 0.4) is 0 Å². The fraction of sp³-hybridized carbons (Fsp3) is 0.458. The third kappa shape index (κ3) is 4.19. The number of halogens is 1. The molecule has 4 unspecified atom stereocenters. The summed E-state index contributed by atoms with van der Waals surface area (Å²) < 4.78 is 6.47. The van der Waals surface area contributed by atoms with Gasteiger partial charge in [0.15, 0.2) is 0 Å². The van der Waals surface area contributed by atoms with Gasteiger partial charge in [0.25, 0.3) is 0 Å². The quantitative estimate of drug-likeness (QED) is 0.666. The smallest absolute Gasteiger partial charge is 0.138 e. The molecule has 2 aromatic carbocycles. The van der Waals surface area contributed by atoms with E-state index in [1.165, 1.54) is 30.4 Å². The van der Waals surface area contributed by atoms with Gasteiger partial charge < -0.3 is 10.5 Å². The first-order valence-corrected chi connectivity index (χ1v) is 10.7. The number of nitrogens with zero attached hydrogens (tertiary/aromatic N) is 1. The maximum absolute atomic E-state index is 9.08. The van der Waals surface area contributed by atoms with Crippen molar-refractivity contribution in [2.45, 2.75) is 57.1 Å². The highest BCUT2D eigenvalue weighted by atomic mass is 35.5. The molecule has 2 N–H and O–H groups in total. The molecule has 146 valence electrons. The number of hydrogen-bond acceptors (Lipinski definition) is 3. The summed E-state index contributed by atoms with van der Waals surface area (Å²) in [5.41, 5.74) is 9.51. The molecule has 1 fully saturated rings. The Morgan fingerprint density at radius 3 is 2.79 bits per heavy atom. The molecule has 2 aliphatic rings. The average molecular weight is 395 g/mol. The van der Waals surface area contributed by atoms with Gasteiger partial charge in [0.2, 0.25) is 0 Å². The van der Waals surface area contributed by atoms with Crippen LogP contribution in [-0.4, -0.2) is 6.04 Å². The summed E-state index contributed by atoms with van der Waals surface area (Å²) in [6.45, 7) is 0. The Hall–Kier alpha value is -2.02. The van der Waals surface area contributed by atoms with Crippen molar-refractivity contribution in [3.05, 3.63) is 64.2 Å². The van der Waals surface area contributed by atoms with Gasteiger partial charge >= 0.3 is 0 Å². The molecule has 28 heavy (non-hydrogen) atoms. The SMILES string of the molecule is N#Cc1ccc(OC2c3ccccc3CC2CC2CCCCC(N)C2)c(Cl)c1. The molecular formula is C24H27ClN2O. The van der Waals surface area contributed by atoms with Crippen LogP contribution in [-0.2, 0) is 6.42 Å². The highest BCUT2D eigenvalue weighted by Gasteiger charge is 2.36. The van der Waals surface area contributed by atoms with E-state index in [-0.39, 0.29) is 6.10 Å². The molecule has 4 heteroatoms. The molecule has 2 aromatic rings. The van der Waals surface area contributed by atoms with Crippen molar-refractivity contribution in [1.29, 1.82) is 5.26 Å². The largest absolute Gasteiger partial charge is 0.484 e. The summed E-state index contributed by atoms with van der Waals surface area (Å²) in [5.74, 6) is 1.75. The number of fused-ring (bicyclic) bond motifs is 1. The third-order valence-electron chi connectivity index (χ3n) is 6.30. The zero-order chi connectivity index (χ0) is 19.5. The van der Waals surface area contributed by atoms with Gasteiger partial charge in [0.05, 0.1) is 16.7 Å². The third-order valence-corrected chi connectivity index (χ3v) is 6.59. The fourth-order valence-corrected chi connectivity index (χ4v) is 5.18. The van der Waals surface area contributed by atoms with E-state index < -0.39 is 0 Å². The fourth-order valence-electron chi connectivity index (χ4n) is 4.96. The highest BCUT2D eigenvalue weighted by Crippen LogP contribution is 2.45. The predicted molar refractivity (Wildman–Crippen MR) is 112 cm³/mol. The summed E-state index contributed by atoms with van der Waals surface area (Å²) in [6, 6.07) is 16.3. The molecule has 0 amide bonds. The lowest BCUT2D eigenvalue weighted by atomic mass is 9.85. The van der Waals surface area contributed by atoms with Crippen molar-refractivity contribution in [3.63, 3.8) is 0 Å². The number of rotatable bonds is 4. The molecule has 4 atom stereocenters. The van der Waals surface area contributed by atoms with E-state index in [0.717, 1.165) is 25.7 Å². The van der Waals surface area contributed by atoms with Gasteiger partial charge in [-0.1, -0.05) is 55.1 Å². The van der Waals surface area contributed by atoms with E-state index in [9.17, 15) is 0 Å². The maximum Gasteiger partial charge on any atom is 0.138 e. The second-order valence-corrected chi connectivity index (χ2v) is 8.75. The van der Waals surface area contributed by atoms with Gasteiger partial charge in [-0.3, -0.25) is 0 Å². The lowest BCUT2D eigenvalue weighted by Crippen LogP contribution is -2.24. The molecule has 0 spiro atoms. The van der Waals surface area contributed by atoms with Crippen LogP contribution in [0.1, 0.15) is 61.3 Å². The Morgan fingerprint density at radius 2 is 1.96 bits per heavy atom. The molecule has 2 aliphatic carbocycles. The predicted octanol–water partition coefficient (Wildman–Crippen LogP) is 5.80. The number of ether oxygens (including phenoxy) is 1. The average Bonchev–Trinajstić information content (AvgIpc) is 2.89. The Kier molecular flexibility index (Phi) is 5.90. The summed E-state index contributed by atoms with van der Waals surface area (Å²) in [5, 5.41) is 9.58. The maximum atomic E-state index is 9.08. The zero-order valence-electron chi connectivity index (χ0n) is 16.1. The van der Waals surface area contributed by atoms with Crippen LogP contribution in [0, 0.1) is 23.2 Å². The van der Waals surface area contributed by atoms with Gasteiger partial charge in [-0.05, 0) is 60.9 Å². The second kappa shape index (κ2) is 8.55. The normalized spacial score (nSPS) is 26.9. The zero-order valence-corrected chi connectivity index (χ0v) is 16.9. The van der Waals surface area contributed by atoms with Gasteiger partial charge in [0.1, 0.15) is 11.9 Å². The molecule has 3 nitrogen and oxygen atoms in total. The molecule has 0 saturated heterocycles.